The van der Waals surface area contributed by atoms with E-state index in [-0.39, 0.29) is 11.3 Å². The van der Waals surface area contributed by atoms with Crippen molar-refractivity contribution in [3.63, 3.8) is 0 Å². The minimum Gasteiger partial charge on any atom is -0.366 e. The van der Waals surface area contributed by atoms with E-state index < -0.39 is 5.91 Å². The van der Waals surface area contributed by atoms with E-state index >= 15 is 0 Å². The van der Waals surface area contributed by atoms with Crippen LogP contribution < -0.4 is 5.73 Å². The second-order valence-corrected chi connectivity index (χ2v) is 8.72. The summed E-state index contributed by atoms with van der Waals surface area (Å²) < 4.78 is 1.83. The number of amides is 2. The van der Waals surface area contributed by atoms with E-state index in [1.165, 1.54) is 0 Å². The Hall–Kier alpha value is -2.86. The molecule has 3 heterocycles. The number of rotatable bonds is 3. The molecule has 150 valence electrons. The van der Waals surface area contributed by atoms with Gasteiger partial charge in [0.1, 0.15) is 5.65 Å². The van der Waals surface area contributed by atoms with Crippen molar-refractivity contribution >= 4 is 34.4 Å². The van der Waals surface area contributed by atoms with Crippen LogP contribution in [0.15, 0.2) is 42.7 Å². The molecule has 1 aliphatic rings. The highest BCUT2D eigenvalue weighted by atomic mass is 35.5. The summed E-state index contributed by atoms with van der Waals surface area (Å²) in [5, 5.41) is 1.23. The molecule has 0 unspecified atom stereocenters. The molecule has 2 amide bonds. The summed E-state index contributed by atoms with van der Waals surface area (Å²) >= 11 is 6.45. The zero-order valence-corrected chi connectivity index (χ0v) is 17.2. The van der Waals surface area contributed by atoms with Crippen LogP contribution in [0.4, 0.5) is 0 Å². The molecule has 0 aliphatic carbocycles. The number of aromatic nitrogens is 2. The largest absolute Gasteiger partial charge is 0.366 e. The van der Waals surface area contributed by atoms with E-state index in [9.17, 15) is 9.59 Å². The van der Waals surface area contributed by atoms with Crippen LogP contribution in [0.25, 0.3) is 16.7 Å². The van der Waals surface area contributed by atoms with Crippen LogP contribution in [-0.2, 0) is 0 Å². The monoisotopic (exact) mass is 410 g/mol. The maximum Gasteiger partial charge on any atom is 0.255 e. The predicted octanol–water partition coefficient (Wildman–Crippen LogP) is 4.04. The van der Waals surface area contributed by atoms with Crippen LogP contribution in [0.5, 0.6) is 0 Å². The molecular weight excluding hydrogens is 388 g/mol. The smallest absolute Gasteiger partial charge is 0.255 e. The normalized spacial score (nSPS) is 16.2. The van der Waals surface area contributed by atoms with E-state index in [0.717, 1.165) is 31.6 Å². The van der Waals surface area contributed by atoms with Gasteiger partial charge in [-0.25, -0.2) is 4.98 Å². The van der Waals surface area contributed by atoms with E-state index in [0.29, 0.717) is 27.2 Å². The lowest BCUT2D eigenvalue weighted by atomic mass is 9.82. The van der Waals surface area contributed by atoms with Gasteiger partial charge < -0.3 is 10.6 Å². The van der Waals surface area contributed by atoms with Crippen molar-refractivity contribution < 1.29 is 9.59 Å². The third-order valence-electron chi connectivity index (χ3n) is 5.68. The maximum atomic E-state index is 12.9. The average Bonchev–Trinajstić information content (AvgIpc) is 3.03. The molecule has 3 aromatic rings. The lowest BCUT2D eigenvalue weighted by molar-refractivity contribution is 0.0630. The molecule has 0 bridgehead atoms. The summed E-state index contributed by atoms with van der Waals surface area (Å²) in [4.78, 5) is 30.6. The highest BCUT2D eigenvalue weighted by molar-refractivity contribution is 6.35. The van der Waals surface area contributed by atoms with Crippen LogP contribution in [0, 0.1) is 5.41 Å². The molecular formula is C22H23ClN4O2. The maximum absolute atomic E-state index is 12.9. The number of likely N-dealkylation sites (tertiary alicyclic amines) is 1. The molecule has 6 nitrogen and oxygen atoms in total. The number of hydrogen-bond donors (Lipinski definition) is 1. The Bertz CT molecular complexity index is 1090. The highest BCUT2D eigenvalue weighted by Crippen LogP contribution is 2.32. The van der Waals surface area contributed by atoms with Crippen molar-refractivity contribution in [1.82, 2.24) is 14.5 Å². The molecule has 7 heteroatoms. The molecule has 1 fully saturated rings. The van der Waals surface area contributed by atoms with Gasteiger partial charge in [-0.15, -0.1) is 0 Å². The molecule has 4 rings (SSSR count). The third-order valence-corrected chi connectivity index (χ3v) is 5.98. The first kappa shape index (κ1) is 19.5. The summed E-state index contributed by atoms with van der Waals surface area (Å²) in [5.74, 6) is -0.487. The fraction of sp³-hybridized carbons (Fsp3) is 0.318. The molecule has 29 heavy (non-hydrogen) atoms. The quantitative estimate of drug-likeness (QED) is 0.707. The van der Waals surface area contributed by atoms with Crippen molar-refractivity contribution in [3.05, 3.63) is 58.9 Å². The number of pyridine rings is 1. The molecule has 0 atom stereocenters. The van der Waals surface area contributed by atoms with Crippen molar-refractivity contribution in [2.75, 3.05) is 13.1 Å². The molecule has 1 saturated heterocycles. The Morgan fingerprint density at radius 1 is 1.10 bits per heavy atom. The lowest BCUT2D eigenvalue weighted by Gasteiger charge is -2.36. The van der Waals surface area contributed by atoms with Gasteiger partial charge in [-0.3, -0.25) is 14.2 Å². The number of nitrogens with two attached hydrogens (primary N) is 1. The lowest BCUT2D eigenvalue weighted by Crippen LogP contribution is -2.41. The number of hydrogen-bond acceptors (Lipinski definition) is 3. The van der Waals surface area contributed by atoms with Gasteiger partial charge in [-0.1, -0.05) is 25.4 Å². The Kier molecular flexibility index (Phi) is 4.82. The molecule has 1 aromatic carbocycles. The van der Waals surface area contributed by atoms with Crippen molar-refractivity contribution in [2.45, 2.75) is 26.7 Å². The van der Waals surface area contributed by atoms with Crippen molar-refractivity contribution in [1.29, 1.82) is 0 Å². The zero-order valence-electron chi connectivity index (χ0n) is 16.5. The molecule has 2 N–H and O–H groups in total. The second-order valence-electron chi connectivity index (χ2n) is 8.31. The molecule has 0 saturated carbocycles. The SMILES string of the molecule is CC1(C)CCN(C(=O)c2cnc3c(c2)c(Cl)cn3-c2ccc(C(N)=O)cc2)CC1. The van der Waals surface area contributed by atoms with Crippen LogP contribution in [0.3, 0.4) is 0 Å². The van der Waals surface area contributed by atoms with Crippen LogP contribution in [0.1, 0.15) is 47.4 Å². The third kappa shape index (κ3) is 3.72. The first-order chi connectivity index (χ1) is 13.7. The summed E-state index contributed by atoms with van der Waals surface area (Å²) in [7, 11) is 0. The number of fused-ring (bicyclic) bond motifs is 1. The van der Waals surface area contributed by atoms with Gasteiger partial charge in [0.25, 0.3) is 5.91 Å². The Morgan fingerprint density at radius 2 is 1.76 bits per heavy atom. The first-order valence-electron chi connectivity index (χ1n) is 9.61. The van der Waals surface area contributed by atoms with Crippen LogP contribution in [-0.4, -0.2) is 39.4 Å². The minimum atomic E-state index is -0.477. The van der Waals surface area contributed by atoms with Gasteiger partial charge in [0.15, 0.2) is 0 Å². The van der Waals surface area contributed by atoms with E-state index in [1.54, 1.807) is 42.7 Å². The zero-order chi connectivity index (χ0) is 20.8. The second kappa shape index (κ2) is 7.19. The number of carbonyl (C=O) groups excluding carboxylic acids is 2. The van der Waals surface area contributed by atoms with E-state index in [2.05, 4.69) is 18.8 Å². The van der Waals surface area contributed by atoms with Gasteiger partial charge in [0.05, 0.1) is 10.6 Å². The molecule has 0 spiro atoms. The molecule has 2 aromatic heterocycles. The van der Waals surface area contributed by atoms with Crippen molar-refractivity contribution in [3.8, 4) is 5.69 Å². The molecule has 1 aliphatic heterocycles. The van der Waals surface area contributed by atoms with Gasteiger partial charge >= 0.3 is 0 Å². The predicted molar refractivity (Wildman–Crippen MR) is 114 cm³/mol. The summed E-state index contributed by atoms with van der Waals surface area (Å²) in [6.07, 6.45) is 5.35. The Balaban J connectivity index is 1.65. The Morgan fingerprint density at radius 3 is 2.38 bits per heavy atom. The summed E-state index contributed by atoms with van der Waals surface area (Å²) in [6.45, 7) is 5.98. The number of piperidine rings is 1. The number of carbonyl (C=O) groups is 2. The first-order valence-corrected chi connectivity index (χ1v) is 9.99. The molecule has 0 radical (unpaired) electrons. The van der Waals surface area contributed by atoms with Gasteiger partial charge in [-0.2, -0.15) is 0 Å². The van der Waals surface area contributed by atoms with Gasteiger partial charge in [0, 0.05) is 42.1 Å². The topological polar surface area (TPSA) is 81.2 Å². The standard InChI is InChI=1S/C22H23ClN4O2/c1-22(2)7-9-26(10-8-22)21(29)15-11-17-18(23)13-27(20(17)25-12-15)16-5-3-14(4-6-16)19(24)28/h3-6,11-13H,7-10H2,1-2H3,(H2,24,28). The van der Waals surface area contributed by atoms with E-state index in [1.807, 2.05) is 9.47 Å². The Labute approximate surface area is 174 Å². The van der Waals surface area contributed by atoms with Gasteiger partial charge in [0.2, 0.25) is 5.91 Å². The number of primary amides is 1. The number of halogens is 1. The van der Waals surface area contributed by atoms with E-state index in [4.69, 9.17) is 17.3 Å². The number of benzene rings is 1. The fourth-order valence-corrected chi connectivity index (χ4v) is 3.90. The van der Waals surface area contributed by atoms with Gasteiger partial charge in [-0.05, 0) is 48.6 Å². The van der Waals surface area contributed by atoms with Crippen LogP contribution in [0.2, 0.25) is 5.02 Å². The highest BCUT2D eigenvalue weighted by Gasteiger charge is 2.28. The summed E-state index contributed by atoms with van der Waals surface area (Å²) in [6, 6.07) is 8.69. The van der Waals surface area contributed by atoms with Crippen LogP contribution >= 0.6 is 11.6 Å². The van der Waals surface area contributed by atoms with Crippen molar-refractivity contribution in [2.24, 2.45) is 11.1 Å². The number of nitrogens with zero attached hydrogens (tertiary/aromatic N) is 3. The fourth-order valence-electron chi connectivity index (χ4n) is 3.67. The average molecular weight is 411 g/mol. The summed E-state index contributed by atoms with van der Waals surface area (Å²) in [5.41, 5.74) is 8.01. The minimum absolute atomic E-state index is 0.00970.